The van der Waals surface area contributed by atoms with Crippen LogP contribution in [0.5, 0.6) is 0 Å². The predicted octanol–water partition coefficient (Wildman–Crippen LogP) is 2.01. The minimum absolute atomic E-state index is 0.0255. The molecule has 0 aliphatic heterocycles. The van der Waals surface area contributed by atoms with Crippen LogP contribution in [0.3, 0.4) is 0 Å². The van der Waals surface area contributed by atoms with Crippen molar-refractivity contribution in [3.8, 4) is 0 Å². The molecule has 0 saturated heterocycles. The first-order valence-corrected chi connectivity index (χ1v) is 5.94. The van der Waals surface area contributed by atoms with Crippen LogP contribution in [-0.2, 0) is 4.79 Å². The first-order chi connectivity index (χ1) is 8.97. The van der Waals surface area contributed by atoms with E-state index in [4.69, 9.17) is 0 Å². The molecule has 19 heavy (non-hydrogen) atoms. The van der Waals surface area contributed by atoms with Crippen molar-refractivity contribution < 1.29 is 14.1 Å². The second kappa shape index (κ2) is 6.67. The van der Waals surface area contributed by atoms with E-state index in [9.17, 15) is 19.3 Å². The maximum Gasteiger partial charge on any atom is 0.274 e. The Balaban J connectivity index is 2.72. The van der Waals surface area contributed by atoms with Crippen molar-refractivity contribution in [2.75, 3.05) is 25.0 Å². The zero-order valence-electron chi connectivity index (χ0n) is 10.9. The van der Waals surface area contributed by atoms with Gasteiger partial charge in [-0.25, -0.2) is 4.39 Å². The molecule has 0 radical (unpaired) electrons. The molecule has 0 aliphatic rings. The molecular formula is C12H16FN3O3. The van der Waals surface area contributed by atoms with Gasteiger partial charge in [-0.3, -0.25) is 14.9 Å². The van der Waals surface area contributed by atoms with E-state index in [1.165, 1.54) is 6.07 Å². The van der Waals surface area contributed by atoms with Crippen LogP contribution in [0.25, 0.3) is 0 Å². The predicted molar refractivity (Wildman–Crippen MR) is 69.5 cm³/mol. The third-order valence-electron chi connectivity index (χ3n) is 2.65. The highest BCUT2D eigenvalue weighted by molar-refractivity contribution is 5.80. The van der Waals surface area contributed by atoms with Crippen molar-refractivity contribution in [2.24, 2.45) is 0 Å². The smallest absolute Gasteiger partial charge is 0.274 e. The fourth-order valence-corrected chi connectivity index (χ4v) is 1.65. The highest BCUT2D eigenvalue weighted by Gasteiger charge is 2.12. The molecule has 1 N–H and O–H groups in total. The van der Waals surface area contributed by atoms with Crippen molar-refractivity contribution >= 4 is 17.3 Å². The molecule has 104 valence electrons. The van der Waals surface area contributed by atoms with Crippen LogP contribution in [-0.4, -0.2) is 35.4 Å². The summed E-state index contributed by atoms with van der Waals surface area (Å²) in [4.78, 5) is 23.2. The number of hydrogen-bond donors (Lipinski definition) is 1. The van der Waals surface area contributed by atoms with Crippen LogP contribution in [0.2, 0.25) is 0 Å². The van der Waals surface area contributed by atoms with Crippen LogP contribution in [0.4, 0.5) is 15.8 Å². The molecule has 0 saturated carbocycles. The standard InChI is InChI=1S/C12H16FN3O3/c1-3-15(4-2)12(17)8-14-10-5-9(13)6-11(7-10)16(18)19/h5-7,14H,3-4,8H2,1-2H3. The minimum Gasteiger partial charge on any atom is -0.376 e. The molecule has 0 atom stereocenters. The number of nitrogens with one attached hydrogen (secondary N) is 1. The highest BCUT2D eigenvalue weighted by atomic mass is 19.1. The summed E-state index contributed by atoms with van der Waals surface area (Å²) in [6, 6.07) is 3.14. The van der Waals surface area contributed by atoms with Gasteiger partial charge in [0.2, 0.25) is 5.91 Å². The Morgan fingerprint density at radius 2 is 2.00 bits per heavy atom. The molecule has 1 amide bonds. The number of carbonyl (C=O) groups excluding carboxylic acids is 1. The summed E-state index contributed by atoms with van der Waals surface area (Å²) >= 11 is 0. The normalized spacial score (nSPS) is 10.1. The SMILES string of the molecule is CCN(CC)C(=O)CNc1cc(F)cc([N+](=O)[O-])c1. The molecule has 0 spiro atoms. The number of amides is 1. The summed E-state index contributed by atoms with van der Waals surface area (Å²) in [5.74, 6) is -0.857. The summed E-state index contributed by atoms with van der Waals surface area (Å²) in [7, 11) is 0. The van der Waals surface area contributed by atoms with E-state index < -0.39 is 10.7 Å². The molecule has 0 heterocycles. The minimum atomic E-state index is -0.716. The van der Waals surface area contributed by atoms with Gasteiger partial charge < -0.3 is 10.2 Å². The van der Waals surface area contributed by atoms with Gasteiger partial charge in [0.15, 0.2) is 0 Å². The number of hydrogen-bond acceptors (Lipinski definition) is 4. The van der Waals surface area contributed by atoms with Gasteiger partial charge >= 0.3 is 0 Å². The number of nitro groups is 1. The first-order valence-electron chi connectivity index (χ1n) is 5.94. The van der Waals surface area contributed by atoms with Crippen LogP contribution in [0, 0.1) is 15.9 Å². The van der Waals surface area contributed by atoms with Crippen molar-refractivity contribution in [1.82, 2.24) is 4.90 Å². The fraction of sp³-hybridized carbons (Fsp3) is 0.417. The van der Waals surface area contributed by atoms with Gasteiger partial charge in [-0.2, -0.15) is 0 Å². The lowest BCUT2D eigenvalue weighted by Crippen LogP contribution is -2.35. The molecule has 0 fully saturated rings. The molecule has 0 aromatic heterocycles. The summed E-state index contributed by atoms with van der Waals surface area (Å²) in [5, 5.41) is 13.3. The first kappa shape index (κ1) is 14.9. The van der Waals surface area contributed by atoms with Gasteiger partial charge in [0.05, 0.1) is 17.5 Å². The van der Waals surface area contributed by atoms with Crippen LogP contribution in [0.15, 0.2) is 18.2 Å². The Labute approximate surface area is 110 Å². The number of anilines is 1. The molecule has 1 aromatic carbocycles. The number of benzene rings is 1. The van der Waals surface area contributed by atoms with Crippen LogP contribution < -0.4 is 5.32 Å². The lowest BCUT2D eigenvalue weighted by atomic mass is 10.2. The maximum absolute atomic E-state index is 13.2. The van der Waals surface area contributed by atoms with Crippen molar-refractivity contribution in [2.45, 2.75) is 13.8 Å². The molecular weight excluding hydrogens is 253 g/mol. The number of likely N-dealkylation sites (N-methyl/N-ethyl adjacent to an activating group) is 1. The topological polar surface area (TPSA) is 75.5 Å². The second-order valence-electron chi connectivity index (χ2n) is 3.87. The number of carbonyl (C=O) groups is 1. The molecule has 1 aromatic rings. The molecule has 0 bridgehead atoms. The average molecular weight is 269 g/mol. The largest absolute Gasteiger partial charge is 0.376 e. The third-order valence-corrected chi connectivity index (χ3v) is 2.65. The Bertz CT molecular complexity index is 475. The molecule has 1 rings (SSSR count). The van der Waals surface area contributed by atoms with Crippen molar-refractivity contribution in [3.05, 3.63) is 34.1 Å². The van der Waals surface area contributed by atoms with E-state index >= 15 is 0 Å². The summed E-state index contributed by atoms with van der Waals surface area (Å²) in [6.45, 7) is 4.85. The Kier molecular flexibility index (Phi) is 5.23. The molecule has 0 unspecified atom stereocenters. The van der Waals surface area contributed by atoms with Crippen molar-refractivity contribution in [3.63, 3.8) is 0 Å². The molecule has 6 nitrogen and oxygen atoms in total. The lowest BCUT2D eigenvalue weighted by molar-refractivity contribution is -0.385. The van der Waals surface area contributed by atoms with Crippen LogP contribution >= 0.6 is 0 Å². The third kappa shape index (κ3) is 4.20. The van der Waals surface area contributed by atoms with E-state index in [0.717, 1.165) is 12.1 Å². The average Bonchev–Trinajstić information content (AvgIpc) is 2.37. The molecule has 7 heteroatoms. The van der Waals surface area contributed by atoms with Crippen molar-refractivity contribution in [1.29, 1.82) is 0 Å². The van der Waals surface area contributed by atoms with Gasteiger partial charge in [-0.1, -0.05) is 0 Å². The number of rotatable bonds is 6. The summed E-state index contributed by atoms with van der Waals surface area (Å²) in [5.41, 5.74) is -0.134. The van der Waals surface area contributed by atoms with Gasteiger partial charge in [0.25, 0.3) is 5.69 Å². The Morgan fingerprint density at radius 1 is 1.37 bits per heavy atom. The van der Waals surface area contributed by atoms with E-state index in [2.05, 4.69) is 5.32 Å². The van der Waals surface area contributed by atoms with Gasteiger partial charge in [-0.05, 0) is 19.9 Å². The fourth-order valence-electron chi connectivity index (χ4n) is 1.65. The van der Waals surface area contributed by atoms with Gasteiger partial charge in [0.1, 0.15) is 5.82 Å². The van der Waals surface area contributed by atoms with Crippen LogP contribution in [0.1, 0.15) is 13.8 Å². The second-order valence-corrected chi connectivity index (χ2v) is 3.87. The monoisotopic (exact) mass is 269 g/mol. The summed E-state index contributed by atoms with van der Waals surface area (Å²) in [6.07, 6.45) is 0. The van der Waals surface area contributed by atoms with E-state index in [1.807, 2.05) is 13.8 Å². The number of nitrogens with zero attached hydrogens (tertiary/aromatic N) is 2. The number of halogens is 1. The number of non-ortho nitro benzene ring substituents is 1. The van der Waals surface area contributed by atoms with Gasteiger partial charge in [-0.15, -0.1) is 0 Å². The quantitative estimate of drug-likeness (QED) is 0.633. The molecule has 0 aliphatic carbocycles. The maximum atomic E-state index is 13.2. The Hall–Kier alpha value is -2.18. The van der Waals surface area contributed by atoms with Gasteiger partial charge in [0, 0.05) is 24.8 Å². The zero-order valence-corrected chi connectivity index (χ0v) is 10.9. The van der Waals surface area contributed by atoms with E-state index in [1.54, 1.807) is 4.90 Å². The highest BCUT2D eigenvalue weighted by Crippen LogP contribution is 2.19. The summed E-state index contributed by atoms with van der Waals surface area (Å²) < 4.78 is 13.2. The van der Waals surface area contributed by atoms with E-state index in [0.29, 0.717) is 13.1 Å². The zero-order chi connectivity index (χ0) is 14.4. The Morgan fingerprint density at radius 3 is 2.53 bits per heavy atom. The van der Waals surface area contributed by atoms with E-state index in [-0.39, 0.29) is 23.8 Å². The number of nitro benzene ring substituents is 1. The lowest BCUT2D eigenvalue weighted by Gasteiger charge is -2.19.